The molecule has 0 aliphatic carbocycles. The summed E-state index contributed by atoms with van der Waals surface area (Å²) in [6, 6.07) is 34.9. The van der Waals surface area contributed by atoms with Crippen LogP contribution < -0.4 is 20.7 Å². The smallest absolute Gasteiger partial charge is 0.272 e. The number of amides is 4. The van der Waals surface area contributed by atoms with E-state index in [1.807, 2.05) is 36.4 Å². The molecule has 0 spiro atoms. The highest BCUT2D eigenvalue weighted by Gasteiger charge is 2.26. The number of ether oxygens (including phenoxy) is 1. The predicted molar refractivity (Wildman–Crippen MR) is 207 cm³/mol. The van der Waals surface area contributed by atoms with Crippen LogP contribution in [-0.2, 0) is 34.0 Å². The lowest BCUT2D eigenvalue weighted by Crippen LogP contribution is -2.33. The number of hydrogen-bond donors (Lipinski definition) is 3. The zero-order valence-corrected chi connectivity index (χ0v) is 30.4. The number of fused-ring (bicyclic) bond motifs is 1. The van der Waals surface area contributed by atoms with Gasteiger partial charge in [0.05, 0.1) is 17.9 Å². The van der Waals surface area contributed by atoms with E-state index in [0.717, 1.165) is 20.9 Å². The monoisotopic (exact) mass is 741 g/mol. The molecule has 3 N–H and O–H groups in total. The Balaban J connectivity index is 1.11. The van der Waals surface area contributed by atoms with Crippen molar-refractivity contribution in [3.8, 4) is 11.8 Å². The average Bonchev–Trinajstić information content (AvgIpc) is 3.53. The summed E-state index contributed by atoms with van der Waals surface area (Å²) in [5.41, 5.74) is 3.96. The van der Waals surface area contributed by atoms with Gasteiger partial charge in [0.2, 0.25) is 11.8 Å². The Morgan fingerprint density at radius 2 is 1.66 bits per heavy atom. The third kappa shape index (κ3) is 9.79. The maximum absolute atomic E-state index is 13.7. The van der Waals surface area contributed by atoms with E-state index in [1.165, 1.54) is 30.0 Å². The maximum Gasteiger partial charge on any atom is 0.272 e. The van der Waals surface area contributed by atoms with E-state index >= 15 is 0 Å². The minimum Gasteiger partial charge on any atom is -0.489 e. The second kappa shape index (κ2) is 17.4. The van der Waals surface area contributed by atoms with E-state index in [1.54, 1.807) is 83.8 Å². The van der Waals surface area contributed by atoms with Crippen molar-refractivity contribution >= 4 is 63.5 Å². The van der Waals surface area contributed by atoms with Gasteiger partial charge < -0.3 is 25.6 Å². The summed E-state index contributed by atoms with van der Waals surface area (Å²) in [7, 11) is 0. The molecule has 0 saturated carbocycles. The Hall–Kier alpha value is -6.16. The summed E-state index contributed by atoms with van der Waals surface area (Å²) < 4.78 is 5.89. The number of carbonyl (C=O) groups is 4. The number of anilines is 2. The van der Waals surface area contributed by atoms with Gasteiger partial charge in [-0.1, -0.05) is 66.7 Å². The van der Waals surface area contributed by atoms with Crippen LogP contribution in [0.3, 0.4) is 0 Å². The molecule has 10 nitrogen and oxygen atoms in total. The van der Waals surface area contributed by atoms with Crippen LogP contribution in [0, 0.1) is 11.3 Å². The standard InChI is InChI=1S/C41H35N5O5S2/c1-27(47)46-20-19-34-35(23-42)41(53-37(34)24-46)45-38(48)26-52-33-14-8-13-31(22-33)43-40(50)36(44-39(49)30-11-6-3-7-12-30)21-28-15-17-32(18-16-28)51-25-29-9-4-2-5-10-29/h2-18,21-22H,19-20,24-26H2,1H3,(H,43,50)(H,44,49)(H,45,48)/b36-21+. The van der Waals surface area contributed by atoms with Crippen molar-refractivity contribution < 1.29 is 23.9 Å². The van der Waals surface area contributed by atoms with Crippen molar-refractivity contribution in [2.24, 2.45) is 0 Å². The minimum absolute atomic E-state index is 0.0253. The first-order valence-corrected chi connectivity index (χ1v) is 18.5. The normalized spacial score (nSPS) is 12.2. The molecule has 2 heterocycles. The van der Waals surface area contributed by atoms with Gasteiger partial charge in [-0.25, -0.2) is 0 Å². The van der Waals surface area contributed by atoms with Crippen molar-refractivity contribution in [3.63, 3.8) is 0 Å². The van der Waals surface area contributed by atoms with Gasteiger partial charge in [0.1, 0.15) is 29.1 Å². The molecule has 0 fully saturated rings. The molecule has 6 rings (SSSR count). The highest BCUT2D eigenvalue weighted by Crippen LogP contribution is 2.37. The molecule has 1 aliphatic rings. The zero-order chi connectivity index (χ0) is 37.2. The Morgan fingerprint density at radius 1 is 0.925 bits per heavy atom. The van der Waals surface area contributed by atoms with Crippen molar-refractivity contribution in [2.75, 3.05) is 22.9 Å². The number of nitrogens with zero attached hydrogens (tertiary/aromatic N) is 2. The number of benzene rings is 4. The Morgan fingerprint density at radius 3 is 2.38 bits per heavy atom. The Bertz CT molecular complexity index is 2200. The first-order chi connectivity index (χ1) is 25.7. The Labute approximate surface area is 315 Å². The molecule has 0 radical (unpaired) electrons. The first-order valence-electron chi connectivity index (χ1n) is 16.7. The molecule has 0 saturated heterocycles. The molecule has 4 amide bonds. The molecule has 266 valence electrons. The summed E-state index contributed by atoms with van der Waals surface area (Å²) in [5.74, 6) is -0.557. The number of thioether (sulfide) groups is 1. The van der Waals surface area contributed by atoms with Crippen LogP contribution in [0.25, 0.3) is 6.08 Å². The lowest BCUT2D eigenvalue weighted by Gasteiger charge is -2.25. The fraction of sp³-hybridized carbons (Fsp3) is 0.146. The van der Waals surface area contributed by atoms with Gasteiger partial charge in [0, 0.05) is 34.5 Å². The van der Waals surface area contributed by atoms with Gasteiger partial charge in [0.25, 0.3) is 11.8 Å². The van der Waals surface area contributed by atoms with Crippen molar-refractivity contribution in [3.05, 3.63) is 148 Å². The van der Waals surface area contributed by atoms with E-state index in [9.17, 15) is 24.4 Å². The van der Waals surface area contributed by atoms with Gasteiger partial charge in [0.15, 0.2) is 0 Å². The molecule has 5 aromatic rings. The number of hydrogen-bond acceptors (Lipinski definition) is 8. The highest BCUT2D eigenvalue weighted by atomic mass is 32.2. The SMILES string of the molecule is CC(=O)N1CCc2c(sc(NC(=O)CSc3cccc(NC(=O)/C(=C\c4ccc(OCc5ccccc5)cc4)NC(=O)c4ccccc4)c3)c2C#N)C1. The van der Waals surface area contributed by atoms with Crippen molar-refractivity contribution in [1.82, 2.24) is 10.2 Å². The van der Waals surface area contributed by atoms with E-state index in [4.69, 9.17) is 4.74 Å². The average molecular weight is 742 g/mol. The molecule has 0 unspecified atom stereocenters. The molecule has 12 heteroatoms. The van der Waals surface area contributed by atoms with Gasteiger partial charge in [-0.2, -0.15) is 5.26 Å². The van der Waals surface area contributed by atoms with E-state index in [-0.39, 0.29) is 23.3 Å². The second-order valence-electron chi connectivity index (χ2n) is 12.1. The van der Waals surface area contributed by atoms with E-state index in [0.29, 0.717) is 59.2 Å². The van der Waals surface area contributed by atoms with Crippen LogP contribution in [0.1, 0.15) is 44.4 Å². The lowest BCUT2D eigenvalue weighted by atomic mass is 10.0. The largest absolute Gasteiger partial charge is 0.489 e. The first kappa shape index (κ1) is 36.6. The van der Waals surface area contributed by atoms with Crippen LogP contribution in [0.4, 0.5) is 10.7 Å². The quantitative estimate of drug-likeness (QED) is 0.0905. The summed E-state index contributed by atoms with van der Waals surface area (Å²) >= 11 is 2.60. The summed E-state index contributed by atoms with van der Waals surface area (Å²) in [4.78, 5) is 55.0. The highest BCUT2D eigenvalue weighted by molar-refractivity contribution is 8.00. The van der Waals surface area contributed by atoms with Crippen molar-refractivity contribution in [1.29, 1.82) is 5.26 Å². The van der Waals surface area contributed by atoms with Gasteiger partial charge in [-0.3, -0.25) is 19.2 Å². The molecule has 1 aromatic heterocycles. The molecular weight excluding hydrogens is 707 g/mol. The summed E-state index contributed by atoms with van der Waals surface area (Å²) in [6.07, 6.45) is 2.16. The Kier molecular flexibility index (Phi) is 12.0. The minimum atomic E-state index is -0.535. The number of nitrogens with one attached hydrogen (secondary N) is 3. The fourth-order valence-electron chi connectivity index (χ4n) is 5.56. The summed E-state index contributed by atoms with van der Waals surface area (Å²) in [6.45, 7) is 2.90. The molecule has 0 atom stereocenters. The van der Waals surface area contributed by atoms with E-state index in [2.05, 4.69) is 22.0 Å². The predicted octanol–water partition coefficient (Wildman–Crippen LogP) is 7.24. The number of thiophene rings is 1. The zero-order valence-electron chi connectivity index (χ0n) is 28.8. The van der Waals surface area contributed by atoms with Crippen LogP contribution in [0.2, 0.25) is 0 Å². The van der Waals surface area contributed by atoms with Crippen LogP contribution in [-0.4, -0.2) is 40.8 Å². The lowest BCUT2D eigenvalue weighted by molar-refractivity contribution is -0.129. The third-order valence-electron chi connectivity index (χ3n) is 8.30. The van der Waals surface area contributed by atoms with Crippen LogP contribution in [0.15, 0.2) is 120 Å². The number of nitriles is 1. The van der Waals surface area contributed by atoms with E-state index < -0.39 is 11.8 Å². The third-order valence-corrected chi connectivity index (χ3v) is 10.4. The molecular formula is C41H35N5O5S2. The van der Waals surface area contributed by atoms with Crippen LogP contribution >= 0.6 is 23.1 Å². The van der Waals surface area contributed by atoms with Crippen LogP contribution in [0.5, 0.6) is 5.75 Å². The second-order valence-corrected chi connectivity index (χ2v) is 14.2. The van der Waals surface area contributed by atoms with Gasteiger partial charge in [-0.05, 0) is 71.7 Å². The molecule has 53 heavy (non-hydrogen) atoms. The molecule has 4 aromatic carbocycles. The van der Waals surface area contributed by atoms with Crippen molar-refractivity contribution in [2.45, 2.75) is 31.4 Å². The summed E-state index contributed by atoms with van der Waals surface area (Å²) in [5, 5.41) is 18.8. The van der Waals surface area contributed by atoms with Gasteiger partial charge >= 0.3 is 0 Å². The number of rotatable bonds is 12. The molecule has 1 aliphatic heterocycles. The fourth-order valence-corrected chi connectivity index (χ4v) is 7.55. The maximum atomic E-state index is 13.7. The number of carbonyl (C=O) groups excluding carboxylic acids is 4. The molecule has 0 bridgehead atoms. The topological polar surface area (TPSA) is 141 Å². The van der Waals surface area contributed by atoms with Gasteiger partial charge in [-0.15, -0.1) is 23.1 Å².